The summed E-state index contributed by atoms with van der Waals surface area (Å²) in [6.07, 6.45) is 3.81. The molecule has 51 heavy (non-hydrogen) atoms. The summed E-state index contributed by atoms with van der Waals surface area (Å²) in [5.74, 6) is -5.31. The Morgan fingerprint density at radius 3 is 2.59 bits per heavy atom. The fraction of sp³-hybridized carbons (Fsp3) is 0.378. The molecule has 2 amide bonds. The number of imidazole rings is 1. The Bertz CT molecular complexity index is 1980. The van der Waals surface area contributed by atoms with Crippen LogP contribution in [0.2, 0.25) is 0 Å². The highest BCUT2D eigenvalue weighted by Crippen LogP contribution is 2.36. The lowest BCUT2D eigenvalue weighted by Gasteiger charge is -2.28. The molecule has 1 aliphatic rings. The average molecular weight is 710 g/mol. The molecule has 4 aromatic rings. The molecule has 0 bridgehead atoms. The van der Waals surface area contributed by atoms with E-state index < -0.39 is 59.6 Å². The van der Waals surface area contributed by atoms with Crippen LogP contribution in [0.4, 0.5) is 17.6 Å². The zero-order chi connectivity index (χ0) is 36.7. The number of benzene rings is 2. The Morgan fingerprint density at radius 2 is 1.86 bits per heavy atom. The number of aromatic amines is 1. The number of carbonyl (C=O) groups excluding carboxylic acids is 3. The van der Waals surface area contributed by atoms with Crippen molar-refractivity contribution in [1.82, 2.24) is 24.8 Å². The van der Waals surface area contributed by atoms with Crippen LogP contribution in [0.5, 0.6) is 5.75 Å². The van der Waals surface area contributed by atoms with E-state index in [2.05, 4.69) is 15.3 Å². The molecule has 14 heteroatoms. The molecule has 0 radical (unpaired) electrons. The number of rotatable bonds is 14. The summed E-state index contributed by atoms with van der Waals surface area (Å²) in [7, 11) is 3.20. The molecule has 5 rings (SSSR count). The number of ketones is 1. The first-order chi connectivity index (χ1) is 24.3. The van der Waals surface area contributed by atoms with Crippen molar-refractivity contribution in [2.45, 2.75) is 70.1 Å². The number of nitrogens with one attached hydrogen (secondary N) is 2. The number of hydrogen-bond acceptors (Lipinski definition) is 6. The minimum Gasteiger partial charge on any atom is -0.486 e. The smallest absolute Gasteiger partial charge is 0.254 e. The van der Waals surface area contributed by atoms with Crippen molar-refractivity contribution in [3.8, 4) is 5.75 Å². The first kappa shape index (κ1) is 37.0. The van der Waals surface area contributed by atoms with Crippen LogP contribution in [0.15, 0.2) is 71.7 Å². The molecule has 0 spiro atoms. The molecule has 0 unspecified atom stereocenters. The topological polar surface area (TPSA) is 126 Å². The quantitative estimate of drug-likeness (QED) is 0.132. The van der Waals surface area contributed by atoms with Crippen LogP contribution in [-0.4, -0.2) is 63.1 Å². The molecule has 1 aliphatic carbocycles. The average Bonchev–Trinajstić information content (AvgIpc) is 3.50. The number of ether oxygens (including phenoxy) is 1. The fourth-order valence-corrected chi connectivity index (χ4v) is 5.86. The Labute approximate surface area is 291 Å². The van der Waals surface area contributed by atoms with Crippen LogP contribution in [-0.2, 0) is 34.0 Å². The molecule has 2 heterocycles. The first-order valence-corrected chi connectivity index (χ1v) is 16.6. The van der Waals surface area contributed by atoms with Crippen molar-refractivity contribution in [2.75, 3.05) is 14.1 Å². The van der Waals surface area contributed by atoms with Crippen molar-refractivity contribution < 1.29 is 36.7 Å². The van der Waals surface area contributed by atoms with Crippen LogP contribution in [0.25, 0.3) is 11.0 Å². The number of halogens is 4. The third-order valence-electron chi connectivity index (χ3n) is 8.82. The number of alkyl halides is 2. The van der Waals surface area contributed by atoms with Gasteiger partial charge in [0.05, 0.1) is 18.1 Å². The molecule has 270 valence electrons. The molecule has 0 saturated heterocycles. The van der Waals surface area contributed by atoms with Gasteiger partial charge in [-0.05, 0) is 62.1 Å². The molecular formula is C37H39F4N5O5. The van der Waals surface area contributed by atoms with E-state index in [9.17, 15) is 36.7 Å². The number of allylic oxidation sites excluding steroid dienone is 1. The second-order valence-corrected chi connectivity index (χ2v) is 12.9. The van der Waals surface area contributed by atoms with Crippen LogP contribution in [0.3, 0.4) is 0 Å². The summed E-state index contributed by atoms with van der Waals surface area (Å²) >= 11 is 0. The third-order valence-corrected chi connectivity index (χ3v) is 8.82. The Hall–Kier alpha value is -5.27. The molecule has 2 aromatic carbocycles. The van der Waals surface area contributed by atoms with E-state index in [-0.39, 0.29) is 62.3 Å². The zero-order valence-electron chi connectivity index (χ0n) is 28.3. The molecular weight excluding hydrogens is 670 g/mol. The summed E-state index contributed by atoms with van der Waals surface area (Å²) in [5.41, 5.74) is 0.932. The Morgan fingerprint density at radius 1 is 1.10 bits per heavy atom. The molecule has 0 aliphatic heterocycles. The van der Waals surface area contributed by atoms with E-state index in [4.69, 9.17) is 4.74 Å². The second kappa shape index (κ2) is 16.2. The number of likely N-dealkylation sites (N-methyl/N-ethyl adjacent to an activating group) is 1. The number of fused-ring (bicyclic) bond motifs is 1. The SMILES string of the molecule is CN(C)C(=O)/C=C/CC[C@H](NC(=O)C1CCC(F)(F)CC1)C(=O)Cc1cccn(Cc2nc3c(OCc4ccc(F)cc4F)cccc3[nH]2)c1=O. The van der Waals surface area contributed by atoms with Crippen LogP contribution < -0.4 is 15.6 Å². The van der Waals surface area contributed by atoms with Gasteiger partial charge in [0.25, 0.3) is 5.56 Å². The molecule has 1 atom stereocenters. The molecule has 2 aromatic heterocycles. The number of hydrogen-bond donors (Lipinski definition) is 2. The standard InChI is InChI=1S/C37H39F4N5O5/c1-45(2)33(48)11-4-3-8-28(43-35(49)23-14-16-37(40,41)17-15-23)30(47)19-24-7-6-18-46(36(24)50)21-32-42-29-9-5-10-31(34(29)44-32)51-22-25-12-13-26(38)20-27(25)39/h4-7,9-13,18,20,23,28H,3,8,14-17,19,21-22H2,1-2H3,(H,42,44)(H,43,49)/b11-4+/t28-/m0/s1. The van der Waals surface area contributed by atoms with Gasteiger partial charge in [0.15, 0.2) is 5.78 Å². The van der Waals surface area contributed by atoms with E-state index in [1.165, 1.54) is 27.7 Å². The summed E-state index contributed by atoms with van der Waals surface area (Å²) in [4.78, 5) is 61.2. The Balaban J connectivity index is 1.28. The monoisotopic (exact) mass is 709 g/mol. The maximum absolute atomic E-state index is 14.1. The molecule has 1 fully saturated rings. The number of aromatic nitrogens is 3. The Kier molecular flexibility index (Phi) is 11.7. The number of carbonyl (C=O) groups is 3. The summed E-state index contributed by atoms with van der Waals surface area (Å²) in [5, 5.41) is 2.73. The largest absolute Gasteiger partial charge is 0.486 e. The number of pyridine rings is 1. The van der Waals surface area contributed by atoms with Gasteiger partial charge in [-0.15, -0.1) is 0 Å². The lowest BCUT2D eigenvalue weighted by molar-refractivity contribution is -0.133. The number of nitrogens with zero attached hydrogens (tertiary/aromatic N) is 3. The van der Waals surface area contributed by atoms with E-state index >= 15 is 0 Å². The van der Waals surface area contributed by atoms with Gasteiger partial charge in [0.2, 0.25) is 17.7 Å². The molecule has 10 nitrogen and oxygen atoms in total. The molecule has 1 saturated carbocycles. The van der Waals surface area contributed by atoms with Gasteiger partial charge in [0, 0.05) is 62.7 Å². The maximum Gasteiger partial charge on any atom is 0.254 e. The van der Waals surface area contributed by atoms with Gasteiger partial charge in [-0.1, -0.05) is 18.2 Å². The maximum atomic E-state index is 14.1. The summed E-state index contributed by atoms with van der Waals surface area (Å²) < 4.78 is 62.0. The number of Topliss-reactive ketones (excluding diaryl/α,β-unsaturated/α-hetero) is 1. The highest BCUT2D eigenvalue weighted by molar-refractivity contribution is 5.91. The third kappa shape index (κ3) is 9.71. The van der Waals surface area contributed by atoms with Gasteiger partial charge in [-0.3, -0.25) is 19.2 Å². The predicted molar refractivity (Wildman–Crippen MR) is 181 cm³/mol. The molecule has 2 N–H and O–H groups in total. The second-order valence-electron chi connectivity index (χ2n) is 12.9. The van der Waals surface area contributed by atoms with Crippen LogP contribution in [0, 0.1) is 17.6 Å². The van der Waals surface area contributed by atoms with Gasteiger partial charge in [-0.25, -0.2) is 22.5 Å². The van der Waals surface area contributed by atoms with Crippen molar-refractivity contribution >= 4 is 28.6 Å². The van der Waals surface area contributed by atoms with Crippen molar-refractivity contribution in [3.05, 3.63) is 106 Å². The lowest BCUT2D eigenvalue weighted by Crippen LogP contribution is -2.46. The van der Waals surface area contributed by atoms with Crippen LogP contribution in [0.1, 0.15) is 55.5 Å². The normalized spacial score (nSPS) is 15.2. The highest BCUT2D eigenvalue weighted by atomic mass is 19.3. The van der Waals surface area contributed by atoms with E-state index in [1.807, 2.05) is 0 Å². The summed E-state index contributed by atoms with van der Waals surface area (Å²) in [6.45, 7) is -0.149. The van der Waals surface area contributed by atoms with Crippen molar-refractivity contribution in [1.29, 1.82) is 0 Å². The van der Waals surface area contributed by atoms with Gasteiger partial charge < -0.3 is 24.5 Å². The van der Waals surface area contributed by atoms with Crippen molar-refractivity contribution in [2.24, 2.45) is 5.92 Å². The minimum absolute atomic E-state index is 0.00257. The van der Waals surface area contributed by atoms with Gasteiger partial charge >= 0.3 is 0 Å². The van der Waals surface area contributed by atoms with E-state index in [0.29, 0.717) is 22.6 Å². The van der Waals surface area contributed by atoms with Gasteiger partial charge in [0.1, 0.15) is 35.3 Å². The number of H-pyrrole nitrogens is 1. The minimum atomic E-state index is -2.81. The van der Waals surface area contributed by atoms with Crippen molar-refractivity contribution in [3.63, 3.8) is 0 Å². The fourth-order valence-electron chi connectivity index (χ4n) is 5.86. The van der Waals surface area contributed by atoms with E-state index in [1.54, 1.807) is 50.6 Å². The highest BCUT2D eigenvalue weighted by Gasteiger charge is 2.38. The van der Waals surface area contributed by atoms with Crippen LogP contribution >= 0.6 is 0 Å². The van der Waals surface area contributed by atoms with E-state index in [0.717, 1.165) is 12.1 Å². The lowest BCUT2D eigenvalue weighted by atomic mass is 9.86. The van der Waals surface area contributed by atoms with Gasteiger partial charge in [-0.2, -0.15) is 0 Å². The number of para-hydroxylation sites is 1. The predicted octanol–water partition coefficient (Wildman–Crippen LogP) is 5.48. The number of amides is 2. The zero-order valence-corrected chi connectivity index (χ0v) is 28.3. The summed E-state index contributed by atoms with van der Waals surface area (Å²) in [6, 6.07) is 10.5. The first-order valence-electron chi connectivity index (χ1n) is 16.6.